The first-order valence-corrected chi connectivity index (χ1v) is 9.46. The second kappa shape index (κ2) is 7.98. The Labute approximate surface area is 160 Å². The molecule has 4 nitrogen and oxygen atoms in total. The number of carbonyl (C=O) groups is 1. The van der Waals surface area contributed by atoms with E-state index in [1.807, 2.05) is 37.3 Å². The van der Waals surface area contributed by atoms with Crippen molar-refractivity contribution in [2.45, 2.75) is 18.8 Å². The molecule has 1 saturated heterocycles. The van der Waals surface area contributed by atoms with Crippen molar-refractivity contribution >= 4 is 45.9 Å². The molecule has 1 N–H and O–H groups in total. The van der Waals surface area contributed by atoms with Gasteiger partial charge in [-0.15, -0.1) is 0 Å². The highest BCUT2D eigenvalue weighted by Gasteiger charge is 2.40. The van der Waals surface area contributed by atoms with Crippen LogP contribution in [0.25, 0.3) is 0 Å². The summed E-state index contributed by atoms with van der Waals surface area (Å²) in [5.41, 5.74) is 1.49. The van der Waals surface area contributed by atoms with Gasteiger partial charge in [-0.25, -0.2) is 0 Å². The van der Waals surface area contributed by atoms with Crippen LogP contribution in [0.1, 0.15) is 12.5 Å². The van der Waals surface area contributed by atoms with Gasteiger partial charge in [-0.05, 0) is 31.2 Å². The molecule has 0 aliphatic carbocycles. The van der Waals surface area contributed by atoms with Gasteiger partial charge < -0.3 is 14.8 Å². The Morgan fingerprint density at radius 2 is 2.04 bits per heavy atom. The summed E-state index contributed by atoms with van der Waals surface area (Å²) in [7, 11) is 0. The maximum Gasteiger partial charge on any atom is 0.283 e. The van der Waals surface area contributed by atoms with Crippen molar-refractivity contribution in [2.75, 3.05) is 17.7 Å². The zero-order valence-electron chi connectivity index (χ0n) is 13.5. The molecule has 2 atom stereocenters. The minimum Gasteiger partial charge on any atom is -0.343 e. The smallest absolute Gasteiger partial charge is 0.283 e. The zero-order valence-corrected chi connectivity index (χ0v) is 15.8. The number of rotatable bonds is 4. The van der Waals surface area contributed by atoms with Crippen LogP contribution in [-0.4, -0.2) is 23.7 Å². The standard InChI is InChI=1S/C18H17Cl2NO3S/c1-18(15-8-7-12(19)9-16(15)20)23-10-14(24-18)11-25-17(22)21-13-5-3-2-4-6-13/h2-9,14H,10-11H2,1H3,(H,21,22)/t14-,18+/m1/s1. The van der Waals surface area contributed by atoms with Crippen molar-refractivity contribution in [3.05, 3.63) is 64.1 Å². The Kier molecular flexibility index (Phi) is 5.92. The van der Waals surface area contributed by atoms with Gasteiger partial charge in [-0.1, -0.05) is 59.2 Å². The molecule has 0 aromatic heterocycles. The molecule has 0 radical (unpaired) electrons. The number of nitrogens with one attached hydrogen (secondary N) is 1. The highest BCUT2D eigenvalue weighted by atomic mass is 35.5. The first kappa shape index (κ1) is 18.5. The lowest BCUT2D eigenvalue weighted by molar-refractivity contribution is -0.159. The molecule has 1 fully saturated rings. The summed E-state index contributed by atoms with van der Waals surface area (Å²) in [6.45, 7) is 2.21. The van der Waals surface area contributed by atoms with Crippen molar-refractivity contribution < 1.29 is 14.3 Å². The van der Waals surface area contributed by atoms with Gasteiger partial charge in [-0.2, -0.15) is 0 Å². The second-order valence-corrected chi connectivity index (χ2v) is 7.55. The summed E-state index contributed by atoms with van der Waals surface area (Å²) < 4.78 is 11.8. The summed E-state index contributed by atoms with van der Waals surface area (Å²) in [4.78, 5) is 12.0. The van der Waals surface area contributed by atoms with Crippen molar-refractivity contribution in [3.8, 4) is 0 Å². The van der Waals surface area contributed by atoms with Crippen molar-refractivity contribution in [2.24, 2.45) is 0 Å². The minimum atomic E-state index is -0.942. The number of para-hydroxylation sites is 1. The van der Waals surface area contributed by atoms with Gasteiger partial charge in [-0.3, -0.25) is 4.79 Å². The molecule has 1 aliphatic heterocycles. The summed E-state index contributed by atoms with van der Waals surface area (Å²) in [6, 6.07) is 14.5. The van der Waals surface area contributed by atoms with E-state index in [0.717, 1.165) is 23.0 Å². The summed E-state index contributed by atoms with van der Waals surface area (Å²) in [5.74, 6) is -0.456. The summed E-state index contributed by atoms with van der Waals surface area (Å²) in [5, 5.41) is 3.74. The van der Waals surface area contributed by atoms with E-state index in [0.29, 0.717) is 22.4 Å². The molecule has 3 rings (SSSR count). The predicted molar refractivity (Wildman–Crippen MR) is 103 cm³/mol. The van der Waals surface area contributed by atoms with Gasteiger partial charge >= 0.3 is 0 Å². The number of carbonyl (C=O) groups excluding carboxylic acids is 1. The number of benzene rings is 2. The lowest BCUT2D eigenvalue weighted by Crippen LogP contribution is -2.25. The predicted octanol–water partition coefficient (Wildman–Crippen LogP) is 5.55. The van der Waals surface area contributed by atoms with Crippen LogP contribution in [0.5, 0.6) is 0 Å². The molecule has 2 aromatic carbocycles. The van der Waals surface area contributed by atoms with E-state index >= 15 is 0 Å². The molecule has 1 amide bonds. The average molecular weight is 398 g/mol. The molecular weight excluding hydrogens is 381 g/mol. The Hall–Kier alpha value is -1.24. The Bertz CT molecular complexity index is 759. The highest BCUT2D eigenvalue weighted by Crippen LogP contribution is 2.39. The lowest BCUT2D eigenvalue weighted by atomic mass is 10.1. The van der Waals surface area contributed by atoms with Crippen LogP contribution >= 0.6 is 35.0 Å². The molecule has 1 aliphatic rings. The van der Waals surface area contributed by atoms with E-state index in [1.54, 1.807) is 18.2 Å². The maximum atomic E-state index is 12.0. The molecule has 0 spiro atoms. The van der Waals surface area contributed by atoms with E-state index in [2.05, 4.69) is 5.32 Å². The van der Waals surface area contributed by atoms with Gasteiger partial charge in [0.15, 0.2) is 5.79 Å². The number of halogens is 2. The van der Waals surface area contributed by atoms with E-state index in [4.69, 9.17) is 32.7 Å². The molecule has 132 valence electrons. The third kappa shape index (κ3) is 4.68. The quantitative estimate of drug-likeness (QED) is 0.734. The van der Waals surface area contributed by atoms with E-state index in [9.17, 15) is 4.79 Å². The van der Waals surface area contributed by atoms with Crippen molar-refractivity contribution in [1.82, 2.24) is 0 Å². The molecule has 1 heterocycles. The fraction of sp³-hybridized carbons (Fsp3) is 0.278. The first-order chi connectivity index (χ1) is 12.0. The largest absolute Gasteiger partial charge is 0.343 e. The van der Waals surface area contributed by atoms with Crippen LogP contribution in [0, 0.1) is 0 Å². The number of thioether (sulfide) groups is 1. The van der Waals surface area contributed by atoms with Crippen LogP contribution in [0.3, 0.4) is 0 Å². The summed E-state index contributed by atoms with van der Waals surface area (Å²) in [6.07, 6.45) is -0.205. The van der Waals surface area contributed by atoms with Crippen LogP contribution < -0.4 is 5.32 Å². The minimum absolute atomic E-state index is 0.132. The van der Waals surface area contributed by atoms with Crippen molar-refractivity contribution in [3.63, 3.8) is 0 Å². The fourth-order valence-electron chi connectivity index (χ4n) is 2.56. The normalized spacial score (nSPS) is 22.8. The topological polar surface area (TPSA) is 47.6 Å². The Morgan fingerprint density at radius 1 is 1.28 bits per heavy atom. The molecular formula is C18H17Cl2NO3S. The number of hydrogen-bond donors (Lipinski definition) is 1. The van der Waals surface area contributed by atoms with E-state index in [-0.39, 0.29) is 11.3 Å². The third-order valence-electron chi connectivity index (χ3n) is 3.78. The van der Waals surface area contributed by atoms with Crippen LogP contribution in [0.2, 0.25) is 10.0 Å². The fourth-order valence-corrected chi connectivity index (χ4v) is 3.83. The monoisotopic (exact) mass is 397 g/mol. The highest BCUT2D eigenvalue weighted by molar-refractivity contribution is 8.13. The number of anilines is 1. The van der Waals surface area contributed by atoms with Gasteiger partial charge in [0.05, 0.1) is 17.7 Å². The molecule has 0 saturated carbocycles. The van der Waals surface area contributed by atoms with Crippen LogP contribution in [-0.2, 0) is 15.3 Å². The second-order valence-electron chi connectivity index (χ2n) is 5.71. The molecule has 7 heteroatoms. The molecule has 0 unspecified atom stereocenters. The number of amides is 1. The molecule has 25 heavy (non-hydrogen) atoms. The van der Waals surface area contributed by atoms with Crippen LogP contribution in [0.15, 0.2) is 48.5 Å². The Morgan fingerprint density at radius 3 is 2.76 bits per heavy atom. The Balaban J connectivity index is 1.55. The van der Waals surface area contributed by atoms with Crippen molar-refractivity contribution in [1.29, 1.82) is 0 Å². The van der Waals surface area contributed by atoms with Gasteiger partial charge in [0.25, 0.3) is 5.24 Å². The first-order valence-electron chi connectivity index (χ1n) is 7.72. The van der Waals surface area contributed by atoms with Crippen LogP contribution in [0.4, 0.5) is 10.5 Å². The number of hydrogen-bond acceptors (Lipinski definition) is 4. The lowest BCUT2D eigenvalue weighted by Gasteiger charge is -2.25. The average Bonchev–Trinajstić information content (AvgIpc) is 2.96. The third-order valence-corrected chi connectivity index (χ3v) is 5.23. The maximum absolute atomic E-state index is 12.0. The van der Waals surface area contributed by atoms with Gasteiger partial charge in [0.2, 0.25) is 0 Å². The van der Waals surface area contributed by atoms with E-state index in [1.165, 1.54) is 0 Å². The van der Waals surface area contributed by atoms with Gasteiger partial charge in [0, 0.05) is 22.0 Å². The van der Waals surface area contributed by atoms with Gasteiger partial charge in [0.1, 0.15) is 0 Å². The summed E-state index contributed by atoms with van der Waals surface area (Å²) >= 11 is 13.3. The SMILES string of the molecule is C[C@]1(c2ccc(Cl)cc2Cl)OC[C@H](CSC(=O)Nc2ccccc2)O1. The zero-order chi connectivity index (χ0) is 17.9. The number of ether oxygens (including phenoxy) is 2. The molecule has 2 aromatic rings. The molecule has 0 bridgehead atoms. The van der Waals surface area contributed by atoms with E-state index < -0.39 is 5.79 Å².